The number of aryl methyl sites for hydroxylation is 2. The lowest BCUT2D eigenvalue weighted by atomic mass is 10.0. The fourth-order valence-electron chi connectivity index (χ4n) is 3.71. The third kappa shape index (κ3) is 4.49. The van der Waals surface area contributed by atoms with Crippen molar-refractivity contribution in [3.05, 3.63) is 57.4 Å². The number of carbonyl (C=O) groups is 2. The third-order valence-electron chi connectivity index (χ3n) is 5.20. The second-order valence-electron chi connectivity index (χ2n) is 8.10. The van der Waals surface area contributed by atoms with E-state index in [9.17, 15) is 9.59 Å². The predicted molar refractivity (Wildman–Crippen MR) is 138 cm³/mol. The summed E-state index contributed by atoms with van der Waals surface area (Å²) in [6, 6.07) is 9.29. The number of ether oxygens (including phenoxy) is 2. The molecule has 3 aromatic heterocycles. The monoisotopic (exact) mass is 495 g/mol. The Morgan fingerprint density at radius 3 is 2.50 bits per heavy atom. The Balaban J connectivity index is 1.74. The summed E-state index contributed by atoms with van der Waals surface area (Å²) in [5.74, 6) is -0.188. The number of anilines is 2. The molecule has 0 saturated carbocycles. The van der Waals surface area contributed by atoms with Crippen LogP contribution in [0.2, 0.25) is 0 Å². The van der Waals surface area contributed by atoms with Crippen LogP contribution < -0.4 is 15.8 Å². The van der Waals surface area contributed by atoms with Gasteiger partial charge in [-0.05, 0) is 57.0 Å². The van der Waals surface area contributed by atoms with Gasteiger partial charge in [-0.15, -0.1) is 22.7 Å². The maximum atomic E-state index is 13.3. The van der Waals surface area contributed by atoms with Gasteiger partial charge in [0.15, 0.2) is 0 Å². The van der Waals surface area contributed by atoms with Crippen molar-refractivity contribution in [3.8, 4) is 16.9 Å². The number of fused-ring (bicyclic) bond motifs is 1. The number of nitrogen functional groups attached to an aromatic ring is 1. The lowest BCUT2D eigenvalue weighted by Gasteiger charge is -2.12. The van der Waals surface area contributed by atoms with E-state index < -0.39 is 5.97 Å². The second kappa shape index (κ2) is 9.44. The van der Waals surface area contributed by atoms with Crippen LogP contribution in [0.15, 0.2) is 35.7 Å². The minimum absolute atomic E-state index is 0.307. The molecular weight excluding hydrogens is 470 g/mol. The molecule has 0 fully saturated rings. The first-order valence-electron chi connectivity index (χ1n) is 10.6. The lowest BCUT2D eigenvalue weighted by molar-refractivity contribution is 0.0380. The van der Waals surface area contributed by atoms with Crippen LogP contribution in [0.1, 0.15) is 45.1 Å². The second-order valence-corrected chi connectivity index (χ2v) is 9.97. The number of thiophene rings is 2. The van der Waals surface area contributed by atoms with Crippen LogP contribution in [0.3, 0.4) is 0 Å². The van der Waals surface area contributed by atoms with Crippen LogP contribution in [0.25, 0.3) is 21.3 Å². The number of pyridine rings is 1. The third-order valence-corrected chi connectivity index (χ3v) is 7.19. The molecule has 7 nitrogen and oxygen atoms in total. The van der Waals surface area contributed by atoms with E-state index in [0.717, 1.165) is 22.2 Å². The van der Waals surface area contributed by atoms with Crippen molar-refractivity contribution in [1.29, 1.82) is 0 Å². The molecule has 4 rings (SSSR count). The van der Waals surface area contributed by atoms with Crippen LogP contribution in [0.4, 0.5) is 10.7 Å². The summed E-state index contributed by atoms with van der Waals surface area (Å²) < 4.78 is 10.7. The van der Waals surface area contributed by atoms with E-state index in [0.29, 0.717) is 37.3 Å². The number of esters is 1. The van der Waals surface area contributed by atoms with Gasteiger partial charge in [0, 0.05) is 22.0 Å². The van der Waals surface area contributed by atoms with Gasteiger partial charge < -0.3 is 20.5 Å². The van der Waals surface area contributed by atoms with E-state index in [1.54, 1.807) is 21.0 Å². The molecule has 0 atom stereocenters. The lowest BCUT2D eigenvalue weighted by Crippen LogP contribution is -2.16. The van der Waals surface area contributed by atoms with E-state index in [-0.39, 0.29) is 12.0 Å². The summed E-state index contributed by atoms with van der Waals surface area (Å²) in [6.45, 7) is 7.42. The SMILES string of the molecule is COc1ccc(-c2csc(NC(=O)c3sc4nc(C)cc(C)c4c3N)c2C(=O)OC(C)C)cc1. The predicted octanol–water partition coefficient (Wildman–Crippen LogP) is 6.05. The normalized spacial score (nSPS) is 11.1. The smallest absolute Gasteiger partial charge is 0.342 e. The Bertz CT molecular complexity index is 1390. The van der Waals surface area contributed by atoms with Crippen molar-refractivity contribution < 1.29 is 19.1 Å². The number of benzene rings is 1. The van der Waals surface area contributed by atoms with E-state index in [4.69, 9.17) is 15.2 Å². The van der Waals surface area contributed by atoms with Crippen molar-refractivity contribution in [3.63, 3.8) is 0 Å². The topological polar surface area (TPSA) is 104 Å². The van der Waals surface area contributed by atoms with Crippen molar-refractivity contribution in [2.24, 2.45) is 0 Å². The molecule has 0 unspecified atom stereocenters. The van der Waals surface area contributed by atoms with E-state index >= 15 is 0 Å². The van der Waals surface area contributed by atoms with Gasteiger partial charge in [-0.1, -0.05) is 12.1 Å². The standard InChI is InChI=1S/C25H25N3O4S2/c1-12(2)32-25(30)19-17(15-6-8-16(31-5)9-7-15)11-33-23(19)28-22(29)21-20(26)18-13(3)10-14(4)27-24(18)34-21/h6-12H,26H2,1-5H3,(H,28,29). The zero-order valence-corrected chi connectivity index (χ0v) is 21.1. The zero-order valence-electron chi connectivity index (χ0n) is 19.5. The molecule has 9 heteroatoms. The molecule has 0 radical (unpaired) electrons. The number of rotatable bonds is 6. The maximum absolute atomic E-state index is 13.3. The molecule has 0 aliphatic heterocycles. The zero-order chi connectivity index (χ0) is 24.6. The summed E-state index contributed by atoms with van der Waals surface area (Å²) in [5, 5.41) is 5.90. The first-order valence-corrected chi connectivity index (χ1v) is 12.3. The quantitative estimate of drug-likeness (QED) is 0.316. The largest absolute Gasteiger partial charge is 0.497 e. The maximum Gasteiger partial charge on any atom is 0.342 e. The van der Waals surface area contributed by atoms with E-state index in [1.165, 1.54) is 22.7 Å². The number of hydrogen-bond donors (Lipinski definition) is 2. The van der Waals surface area contributed by atoms with E-state index in [1.807, 2.05) is 49.6 Å². The van der Waals surface area contributed by atoms with Gasteiger partial charge in [-0.25, -0.2) is 9.78 Å². The van der Waals surface area contributed by atoms with Crippen LogP contribution in [0.5, 0.6) is 5.75 Å². The van der Waals surface area contributed by atoms with Gasteiger partial charge in [-0.3, -0.25) is 4.79 Å². The molecule has 34 heavy (non-hydrogen) atoms. The molecule has 1 aromatic carbocycles. The van der Waals surface area contributed by atoms with Gasteiger partial charge in [-0.2, -0.15) is 0 Å². The molecular formula is C25H25N3O4S2. The summed E-state index contributed by atoms with van der Waals surface area (Å²) in [6.07, 6.45) is -0.310. The fraction of sp³-hybridized carbons (Fsp3) is 0.240. The molecule has 0 saturated heterocycles. The summed E-state index contributed by atoms with van der Waals surface area (Å²) in [5.41, 5.74) is 10.3. The highest BCUT2D eigenvalue weighted by molar-refractivity contribution is 7.21. The summed E-state index contributed by atoms with van der Waals surface area (Å²) in [4.78, 5) is 31.9. The van der Waals surface area contributed by atoms with Crippen LogP contribution in [0, 0.1) is 13.8 Å². The molecule has 0 spiro atoms. The van der Waals surface area contributed by atoms with Crippen molar-refractivity contribution >= 4 is 55.5 Å². The molecule has 3 N–H and O–H groups in total. The van der Waals surface area contributed by atoms with Crippen LogP contribution in [-0.2, 0) is 4.74 Å². The molecule has 0 aliphatic carbocycles. The molecule has 0 bridgehead atoms. The van der Waals surface area contributed by atoms with Crippen molar-refractivity contribution in [2.45, 2.75) is 33.8 Å². The van der Waals surface area contributed by atoms with Gasteiger partial charge >= 0.3 is 5.97 Å². The molecule has 3 heterocycles. The Labute approximate surface area is 205 Å². The highest BCUT2D eigenvalue weighted by atomic mass is 32.1. The van der Waals surface area contributed by atoms with E-state index in [2.05, 4.69) is 10.3 Å². The molecule has 176 valence electrons. The fourth-order valence-corrected chi connectivity index (χ4v) is 5.77. The highest BCUT2D eigenvalue weighted by Gasteiger charge is 2.26. The number of nitrogens with zero attached hydrogens (tertiary/aromatic N) is 1. The Morgan fingerprint density at radius 1 is 1.15 bits per heavy atom. The number of hydrogen-bond acceptors (Lipinski definition) is 8. The van der Waals surface area contributed by atoms with Crippen molar-refractivity contribution in [2.75, 3.05) is 18.2 Å². The Kier molecular flexibility index (Phi) is 6.58. The number of nitrogens with one attached hydrogen (secondary N) is 1. The average molecular weight is 496 g/mol. The van der Waals surface area contributed by atoms with Crippen molar-refractivity contribution in [1.82, 2.24) is 4.98 Å². The average Bonchev–Trinajstić information content (AvgIpc) is 3.34. The molecule has 1 amide bonds. The summed E-state index contributed by atoms with van der Waals surface area (Å²) in [7, 11) is 1.59. The van der Waals surface area contributed by atoms with Crippen LogP contribution >= 0.6 is 22.7 Å². The molecule has 0 aliphatic rings. The Morgan fingerprint density at radius 2 is 1.85 bits per heavy atom. The Hall–Kier alpha value is -3.43. The van der Waals surface area contributed by atoms with Crippen LogP contribution in [-0.4, -0.2) is 30.1 Å². The number of aromatic nitrogens is 1. The number of methoxy groups -OCH3 is 1. The minimum atomic E-state index is -0.505. The van der Waals surface area contributed by atoms with Gasteiger partial charge in [0.2, 0.25) is 0 Å². The highest BCUT2D eigenvalue weighted by Crippen LogP contribution is 2.39. The molecule has 4 aromatic rings. The number of carbonyl (C=O) groups excluding carboxylic acids is 2. The number of nitrogens with two attached hydrogens (primary N) is 1. The number of amides is 1. The van der Waals surface area contributed by atoms with Gasteiger partial charge in [0.05, 0.1) is 18.9 Å². The summed E-state index contributed by atoms with van der Waals surface area (Å²) >= 11 is 2.50. The minimum Gasteiger partial charge on any atom is -0.497 e. The first kappa shape index (κ1) is 23.7. The van der Waals surface area contributed by atoms with Gasteiger partial charge in [0.25, 0.3) is 5.91 Å². The first-order chi connectivity index (χ1) is 16.2. The van der Waals surface area contributed by atoms with Gasteiger partial charge in [0.1, 0.15) is 26.0 Å².